The molecule has 0 saturated carbocycles. The Bertz CT molecular complexity index is 1070. The van der Waals surface area contributed by atoms with Crippen LogP contribution in [0, 0.1) is 12.1 Å². The predicted octanol–water partition coefficient (Wildman–Crippen LogP) is 6.76. The molecule has 2 aromatic heterocycles. The first kappa shape index (κ1) is 22.3. The van der Waals surface area contributed by atoms with Crippen molar-refractivity contribution in [3.63, 3.8) is 0 Å². The van der Waals surface area contributed by atoms with Crippen LogP contribution >= 0.6 is 0 Å². The summed E-state index contributed by atoms with van der Waals surface area (Å²) < 4.78 is 0. The summed E-state index contributed by atoms with van der Waals surface area (Å²) in [5, 5.41) is 0. The van der Waals surface area contributed by atoms with E-state index in [-0.39, 0.29) is 20.1 Å². The van der Waals surface area contributed by atoms with Gasteiger partial charge in [0.2, 0.25) is 0 Å². The van der Waals surface area contributed by atoms with Crippen molar-refractivity contribution in [2.45, 2.75) is 0 Å². The number of nitrogens with zero attached hydrogens (tertiary/aromatic N) is 2. The molecule has 2 nitrogen and oxygen atoms in total. The van der Waals surface area contributed by atoms with Gasteiger partial charge < -0.3 is 9.97 Å². The number of benzene rings is 3. The van der Waals surface area contributed by atoms with Crippen LogP contribution in [0.3, 0.4) is 0 Å². The van der Waals surface area contributed by atoms with Crippen molar-refractivity contribution in [3.05, 3.63) is 134 Å². The first-order valence-electron chi connectivity index (χ1n) is 9.77. The second kappa shape index (κ2) is 11.7. The molecule has 3 heteroatoms. The van der Waals surface area contributed by atoms with Crippen molar-refractivity contribution in [2.75, 3.05) is 0 Å². The molecule has 153 valence electrons. The fraction of sp³-hybridized carbons (Fsp3) is 0. The number of aromatic nitrogens is 2. The molecule has 0 aliphatic rings. The summed E-state index contributed by atoms with van der Waals surface area (Å²) in [4.78, 5) is 8.62. The molecule has 5 rings (SSSR count). The van der Waals surface area contributed by atoms with Gasteiger partial charge >= 0.3 is 0 Å². The van der Waals surface area contributed by atoms with E-state index in [1.54, 1.807) is 6.20 Å². The van der Waals surface area contributed by atoms with Crippen LogP contribution in [-0.4, -0.2) is 9.97 Å². The molecule has 2 heterocycles. The molecule has 31 heavy (non-hydrogen) atoms. The molecular formula is C28H20IrN2-2. The molecule has 3 aromatic carbocycles. The fourth-order valence-corrected chi connectivity index (χ4v) is 3.02. The molecule has 5 aromatic rings. The van der Waals surface area contributed by atoms with E-state index >= 15 is 0 Å². The third-order valence-corrected chi connectivity index (χ3v) is 4.50. The monoisotopic (exact) mass is 577 g/mol. The zero-order chi connectivity index (χ0) is 20.4. The standard InChI is InChI=1S/C17H12N.C11H8N.Ir/c1-3-7-14(8-4-1)16-11-12-18-17(13-16)15-9-5-2-6-10-15;1-2-6-10(7-3-1)11-8-4-5-9-12-11;/h1-9,11-13H;1-6,8-9H;/q2*-1;. The average Bonchev–Trinajstić information content (AvgIpc) is 2.87. The Labute approximate surface area is 197 Å². The third kappa shape index (κ3) is 6.29. The van der Waals surface area contributed by atoms with Crippen molar-refractivity contribution in [1.29, 1.82) is 0 Å². The maximum atomic E-state index is 4.40. The molecule has 0 aliphatic carbocycles. The Hall–Kier alpha value is -3.39. The average molecular weight is 577 g/mol. The normalized spacial score (nSPS) is 9.68. The molecule has 0 saturated heterocycles. The maximum absolute atomic E-state index is 4.40. The van der Waals surface area contributed by atoms with Crippen molar-refractivity contribution in [1.82, 2.24) is 9.97 Å². The van der Waals surface area contributed by atoms with Crippen LogP contribution < -0.4 is 0 Å². The van der Waals surface area contributed by atoms with E-state index in [9.17, 15) is 0 Å². The van der Waals surface area contributed by atoms with Gasteiger partial charge in [-0.2, -0.15) is 0 Å². The summed E-state index contributed by atoms with van der Waals surface area (Å²) in [5.41, 5.74) is 6.37. The molecule has 0 bridgehead atoms. The minimum atomic E-state index is 0. The van der Waals surface area contributed by atoms with Crippen LogP contribution in [0.1, 0.15) is 0 Å². The van der Waals surface area contributed by atoms with Gasteiger partial charge in [0, 0.05) is 32.5 Å². The predicted molar refractivity (Wildman–Crippen MR) is 122 cm³/mol. The number of rotatable bonds is 3. The molecule has 0 unspecified atom stereocenters. The van der Waals surface area contributed by atoms with E-state index in [0.29, 0.717) is 0 Å². The van der Waals surface area contributed by atoms with Gasteiger partial charge in [-0.1, -0.05) is 48.5 Å². The Kier molecular flexibility index (Phi) is 8.42. The van der Waals surface area contributed by atoms with Gasteiger partial charge in [0.05, 0.1) is 0 Å². The van der Waals surface area contributed by atoms with E-state index in [2.05, 4.69) is 40.3 Å². The zero-order valence-electron chi connectivity index (χ0n) is 16.8. The summed E-state index contributed by atoms with van der Waals surface area (Å²) >= 11 is 0. The molecule has 1 radical (unpaired) electrons. The summed E-state index contributed by atoms with van der Waals surface area (Å²) in [6.45, 7) is 0. The topological polar surface area (TPSA) is 25.8 Å². The van der Waals surface area contributed by atoms with Gasteiger partial charge in [-0.15, -0.1) is 71.8 Å². The van der Waals surface area contributed by atoms with Crippen LogP contribution in [0.2, 0.25) is 0 Å². The van der Waals surface area contributed by atoms with Gasteiger partial charge in [-0.3, -0.25) is 0 Å². The molecular weight excluding hydrogens is 557 g/mol. The van der Waals surface area contributed by atoms with Gasteiger partial charge in [0.1, 0.15) is 0 Å². The molecule has 0 aliphatic heterocycles. The van der Waals surface area contributed by atoms with Crippen LogP contribution in [0.5, 0.6) is 0 Å². The van der Waals surface area contributed by atoms with E-state index in [1.165, 1.54) is 11.1 Å². The first-order valence-corrected chi connectivity index (χ1v) is 9.77. The maximum Gasteiger partial charge on any atom is 0.0166 e. The van der Waals surface area contributed by atoms with E-state index in [0.717, 1.165) is 22.5 Å². The van der Waals surface area contributed by atoms with Crippen LogP contribution in [0.15, 0.2) is 122 Å². The van der Waals surface area contributed by atoms with Crippen molar-refractivity contribution in [2.24, 2.45) is 0 Å². The second-order valence-corrected chi connectivity index (χ2v) is 6.56. The van der Waals surface area contributed by atoms with E-state index in [1.807, 2.05) is 97.2 Å². The Morgan fingerprint density at radius 1 is 0.484 bits per heavy atom. The van der Waals surface area contributed by atoms with Crippen molar-refractivity contribution >= 4 is 0 Å². The number of hydrogen-bond donors (Lipinski definition) is 0. The third-order valence-electron chi connectivity index (χ3n) is 4.50. The van der Waals surface area contributed by atoms with Crippen molar-refractivity contribution in [3.8, 4) is 33.6 Å². The number of hydrogen-bond acceptors (Lipinski definition) is 2. The summed E-state index contributed by atoms with van der Waals surface area (Å²) in [6.07, 6.45) is 3.63. The van der Waals surface area contributed by atoms with E-state index < -0.39 is 0 Å². The van der Waals surface area contributed by atoms with E-state index in [4.69, 9.17) is 0 Å². The number of pyridine rings is 2. The zero-order valence-corrected chi connectivity index (χ0v) is 19.2. The van der Waals surface area contributed by atoms with Crippen LogP contribution in [0.25, 0.3) is 33.6 Å². The smallest absolute Gasteiger partial charge is 0.0166 e. The van der Waals surface area contributed by atoms with Gasteiger partial charge in [-0.25, -0.2) is 0 Å². The second-order valence-electron chi connectivity index (χ2n) is 6.56. The van der Waals surface area contributed by atoms with Gasteiger partial charge in [-0.05, 0) is 34.6 Å². The Balaban J connectivity index is 0.000000183. The Morgan fingerprint density at radius 3 is 1.71 bits per heavy atom. The van der Waals surface area contributed by atoms with Crippen LogP contribution in [0.4, 0.5) is 0 Å². The summed E-state index contributed by atoms with van der Waals surface area (Å²) in [7, 11) is 0. The van der Waals surface area contributed by atoms with Crippen molar-refractivity contribution < 1.29 is 20.1 Å². The SMILES string of the molecule is [Ir].[c-]1ccccc1-c1cc(-c2ccccc2)ccn1.[c-]1ccccc1-c1ccccn1. The first-order chi connectivity index (χ1) is 14.9. The summed E-state index contributed by atoms with van der Waals surface area (Å²) in [6, 6.07) is 42.4. The largest absolute Gasteiger partial charge is 0.305 e. The minimum absolute atomic E-state index is 0. The van der Waals surface area contributed by atoms with Gasteiger partial charge in [0.15, 0.2) is 0 Å². The quantitative estimate of drug-likeness (QED) is 0.222. The van der Waals surface area contributed by atoms with Gasteiger partial charge in [0.25, 0.3) is 0 Å². The summed E-state index contributed by atoms with van der Waals surface area (Å²) in [5.74, 6) is 0. The molecule has 0 amide bonds. The molecule has 0 atom stereocenters. The minimum Gasteiger partial charge on any atom is -0.305 e. The molecule has 0 fully saturated rings. The molecule has 0 N–H and O–H groups in total. The fourth-order valence-electron chi connectivity index (χ4n) is 3.02. The Morgan fingerprint density at radius 2 is 1.10 bits per heavy atom. The molecule has 0 spiro atoms. The van der Waals surface area contributed by atoms with Crippen LogP contribution in [-0.2, 0) is 20.1 Å².